The van der Waals surface area contributed by atoms with Gasteiger partial charge < -0.3 is 30.1 Å². The molecule has 1 aromatic carbocycles. The summed E-state index contributed by atoms with van der Waals surface area (Å²) in [6.07, 6.45) is 0.317. The summed E-state index contributed by atoms with van der Waals surface area (Å²) in [5, 5.41) is 13.8. The highest BCUT2D eigenvalue weighted by molar-refractivity contribution is 6.01. The molecule has 0 saturated carbocycles. The van der Waals surface area contributed by atoms with Crippen LogP contribution in [-0.2, 0) is 19.2 Å². The molecule has 2 aliphatic rings. The molecule has 2 atom stereocenters. The summed E-state index contributed by atoms with van der Waals surface area (Å²) in [7, 11) is 0. The van der Waals surface area contributed by atoms with Gasteiger partial charge in [0.25, 0.3) is 0 Å². The van der Waals surface area contributed by atoms with Crippen LogP contribution in [0.3, 0.4) is 0 Å². The van der Waals surface area contributed by atoms with Crippen LogP contribution in [0.4, 0.5) is 5.69 Å². The Bertz CT molecular complexity index is 826. The first-order chi connectivity index (χ1) is 13.8. The number of aliphatic carboxylic acids is 1. The highest BCUT2D eigenvalue weighted by atomic mass is 16.7. The molecule has 1 aromatic rings. The highest BCUT2D eigenvalue weighted by Gasteiger charge is 2.36. The second-order valence-electron chi connectivity index (χ2n) is 6.96. The zero-order valence-electron chi connectivity index (χ0n) is 16.0. The van der Waals surface area contributed by atoms with Gasteiger partial charge in [-0.15, -0.1) is 0 Å². The molecule has 0 bridgehead atoms. The van der Waals surface area contributed by atoms with E-state index in [-0.39, 0.29) is 44.5 Å². The van der Waals surface area contributed by atoms with Gasteiger partial charge in [-0.25, -0.2) is 0 Å². The predicted octanol–water partition coefficient (Wildman–Crippen LogP) is 0.254. The number of carboxylic acid groups (broad SMARTS) is 1. The maximum absolute atomic E-state index is 12.5. The van der Waals surface area contributed by atoms with Crippen molar-refractivity contribution < 1.29 is 33.8 Å². The molecule has 0 aromatic heterocycles. The number of carboxylic acids is 1. The zero-order chi connectivity index (χ0) is 21.0. The number of hydrogen-bond donors (Lipinski definition) is 3. The van der Waals surface area contributed by atoms with Crippen LogP contribution in [-0.4, -0.2) is 54.7 Å². The number of carbonyl (C=O) groups is 4. The highest BCUT2D eigenvalue weighted by Crippen LogP contribution is 2.37. The van der Waals surface area contributed by atoms with Gasteiger partial charge in [-0.3, -0.25) is 19.2 Å². The van der Waals surface area contributed by atoms with Gasteiger partial charge in [0, 0.05) is 37.7 Å². The maximum Gasteiger partial charge on any atom is 0.303 e. The number of nitrogens with one attached hydrogen (secondary N) is 2. The van der Waals surface area contributed by atoms with Crippen LogP contribution in [0.25, 0.3) is 0 Å². The quantitative estimate of drug-likeness (QED) is 0.528. The normalized spacial score (nSPS) is 18.4. The third-order valence-corrected chi connectivity index (χ3v) is 4.78. The Morgan fingerprint density at radius 3 is 2.79 bits per heavy atom. The van der Waals surface area contributed by atoms with Crippen molar-refractivity contribution in [1.29, 1.82) is 0 Å². The molecular formula is C19H23N3O7. The van der Waals surface area contributed by atoms with Crippen LogP contribution >= 0.6 is 0 Å². The van der Waals surface area contributed by atoms with Crippen molar-refractivity contribution in [3.63, 3.8) is 0 Å². The number of anilines is 1. The van der Waals surface area contributed by atoms with E-state index in [9.17, 15) is 19.2 Å². The van der Waals surface area contributed by atoms with E-state index in [1.54, 1.807) is 18.2 Å². The number of benzene rings is 1. The third kappa shape index (κ3) is 4.95. The van der Waals surface area contributed by atoms with Crippen molar-refractivity contribution in [1.82, 2.24) is 10.6 Å². The lowest BCUT2D eigenvalue weighted by Crippen LogP contribution is -2.47. The molecule has 2 heterocycles. The maximum atomic E-state index is 12.5. The Hall–Kier alpha value is -3.30. The minimum Gasteiger partial charge on any atom is -0.481 e. The first kappa shape index (κ1) is 20.4. The molecule has 10 heteroatoms. The van der Waals surface area contributed by atoms with Crippen LogP contribution in [0.15, 0.2) is 18.2 Å². The van der Waals surface area contributed by atoms with E-state index in [1.807, 2.05) is 0 Å². The topological polar surface area (TPSA) is 134 Å². The van der Waals surface area contributed by atoms with Gasteiger partial charge in [0.05, 0.1) is 5.92 Å². The van der Waals surface area contributed by atoms with E-state index in [0.717, 1.165) is 0 Å². The SMILES string of the molecule is CC(NC(=O)C1CC(=O)N(c2ccc3c(c2)OCO3)C1)C(=O)NCCCC(=O)O. The molecule has 2 unspecified atom stereocenters. The molecule has 1 fully saturated rings. The minimum atomic E-state index is -0.932. The molecule has 156 valence electrons. The molecule has 3 N–H and O–H groups in total. The van der Waals surface area contributed by atoms with Crippen LogP contribution in [0, 0.1) is 5.92 Å². The van der Waals surface area contributed by atoms with E-state index in [2.05, 4.69) is 10.6 Å². The second-order valence-corrected chi connectivity index (χ2v) is 6.96. The summed E-state index contributed by atoms with van der Waals surface area (Å²) in [4.78, 5) is 48.9. The standard InChI is InChI=1S/C19H23N3O7/c1-11(18(26)20-6-2-3-17(24)25)21-19(27)12-7-16(23)22(9-12)13-4-5-14-15(8-13)29-10-28-14/h4-5,8,11-12H,2-3,6-7,9-10H2,1H3,(H,20,26)(H,21,27)(H,24,25). The van der Waals surface area contributed by atoms with E-state index < -0.39 is 23.8 Å². The summed E-state index contributed by atoms with van der Waals surface area (Å²) >= 11 is 0. The molecule has 0 radical (unpaired) electrons. The average molecular weight is 405 g/mol. The Morgan fingerprint density at radius 2 is 2.03 bits per heavy atom. The fraction of sp³-hybridized carbons (Fsp3) is 0.474. The zero-order valence-corrected chi connectivity index (χ0v) is 16.0. The number of hydrogen-bond acceptors (Lipinski definition) is 6. The lowest BCUT2D eigenvalue weighted by atomic mass is 10.1. The van der Waals surface area contributed by atoms with Crippen molar-refractivity contribution >= 4 is 29.4 Å². The van der Waals surface area contributed by atoms with E-state index >= 15 is 0 Å². The van der Waals surface area contributed by atoms with Gasteiger partial charge >= 0.3 is 5.97 Å². The van der Waals surface area contributed by atoms with Gasteiger partial charge in [-0.2, -0.15) is 0 Å². The van der Waals surface area contributed by atoms with Crippen molar-refractivity contribution in [2.75, 3.05) is 24.8 Å². The molecule has 0 spiro atoms. The van der Waals surface area contributed by atoms with Crippen molar-refractivity contribution in [3.05, 3.63) is 18.2 Å². The summed E-state index contributed by atoms with van der Waals surface area (Å²) in [5.41, 5.74) is 0.624. The Labute approximate surface area is 167 Å². The smallest absolute Gasteiger partial charge is 0.303 e. The first-order valence-electron chi connectivity index (χ1n) is 9.35. The number of ether oxygens (including phenoxy) is 2. The van der Waals surface area contributed by atoms with E-state index in [0.29, 0.717) is 23.6 Å². The number of carbonyl (C=O) groups excluding carboxylic acids is 3. The third-order valence-electron chi connectivity index (χ3n) is 4.78. The molecule has 0 aliphatic carbocycles. The number of rotatable bonds is 8. The molecule has 10 nitrogen and oxygen atoms in total. The fourth-order valence-corrected chi connectivity index (χ4v) is 3.19. The van der Waals surface area contributed by atoms with Gasteiger partial charge in [0.1, 0.15) is 6.04 Å². The lowest BCUT2D eigenvalue weighted by molar-refractivity contribution is -0.137. The Balaban J connectivity index is 1.51. The summed E-state index contributed by atoms with van der Waals surface area (Å²) in [6.45, 7) is 2.09. The monoisotopic (exact) mass is 405 g/mol. The lowest BCUT2D eigenvalue weighted by Gasteiger charge is -2.18. The van der Waals surface area contributed by atoms with Crippen LogP contribution in [0.1, 0.15) is 26.2 Å². The van der Waals surface area contributed by atoms with Crippen molar-refractivity contribution in [2.45, 2.75) is 32.2 Å². The number of amides is 3. The summed E-state index contributed by atoms with van der Waals surface area (Å²) in [5.74, 6) is -1.31. The van der Waals surface area contributed by atoms with Crippen LogP contribution in [0.2, 0.25) is 0 Å². The molecular weight excluding hydrogens is 382 g/mol. The van der Waals surface area contributed by atoms with Gasteiger partial charge in [-0.1, -0.05) is 0 Å². The number of nitrogens with zero attached hydrogens (tertiary/aromatic N) is 1. The molecule has 3 amide bonds. The fourth-order valence-electron chi connectivity index (χ4n) is 3.19. The Kier molecular flexibility index (Phi) is 6.20. The Morgan fingerprint density at radius 1 is 1.28 bits per heavy atom. The molecule has 29 heavy (non-hydrogen) atoms. The summed E-state index contributed by atoms with van der Waals surface area (Å²) < 4.78 is 10.6. The van der Waals surface area contributed by atoms with E-state index in [4.69, 9.17) is 14.6 Å². The first-order valence-corrected chi connectivity index (χ1v) is 9.35. The van der Waals surface area contributed by atoms with Crippen LogP contribution < -0.4 is 25.0 Å². The van der Waals surface area contributed by atoms with Crippen molar-refractivity contribution in [3.8, 4) is 11.5 Å². The molecule has 2 aliphatic heterocycles. The van der Waals surface area contributed by atoms with Crippen LogP contribution in [0.5, 0.6) is 11.5 Å². The minimum absolute atomic E-state index is 0.0408. The average Bonchev–Trinajstić information content (AvgIpc) is 3.30. The molecule has 1 saturated heterocycles. The number of fused-ring (bicyclic) bond motifs is 1. The molecule has 3 rings (SSSR count). The largest absolute Gasteiger partial charge is 0.481 e. The van der Waals surface area contributed by atoms with Crippen molar-refractivity contribution in [2.24, 2.45) is 5.92 Å². The van der Waals surface area contributed by atoms with Gasteiger partial charge in [0.15, 0.2) is 11.5 Å². The van der Waals surface area contributed by atoms with Gasteiger partial charge in [0.2, 0.25) is 24.5 Å². The van der Waals surface area contributed by atoms with E-state index in [1.165, 1.54) is 11.8 Å². The van der Waals surface area contributed by atoms with Gasteiger partial charge in [-0.05, 0) is 25.5 Å². The second kappa shape index (κ2) is 8.80. The predicted molar refractivity (Wildman–Crippen MR) is 101 cm³/mol. The summed E-state index contributed by atoms with van der Waals surface area (Å²) in [6, 6.07) is 4.36.